The summed E-state index contributed by atoms with van der Waals surface area (Å²) in [5, 5.41) is 5.29. The zero-order valence-corrected chi connectivity index (χ0v) is 9.20. The third kappa shape index (κ3) is 2.15. The van der Waals surface area contributed by atoms with E-state index >= 15 is 0 Å². The Morgan fingerprint density at radius 1 is 1.21 bits per heavy atom. The molecule has 0 saturated heterocycles. The quantitative estimate of drug-likeness (QED) is 0.879. The Bertz CT molecular complexity index is 426. The number of rotatable bonds is 2. The first kappa shape index (κ1) is 9.71. The molecule has 14 heavy (non-hydrogen) atoms. The molecule has 2 heterocycles. The summed E-state index contributed by atoms with van der Waals surface area (Å²) in [4.78, 5) is 7.92. The van der Waals surface area contributed by atoms with Crippen LogP contribution in [0.25, 0.3) is 0 Å². The van der Waals surface area contributed by atoms with Crippen molar-refractivity contribution in [1.29, 1.82) is 0 Å². The van der Waals surface area contributed by atoms with E-state index in [0.29, 0.717) is 15.3 Å². The Morgan fingerprint density at radius 2 is 2.07 bits per heavy atom. The molecule has 2 aromatic rings. The molecule has 0 unspecified atom stereocenters. The first-order valence-electron chi connectivity index (χ1n) is 3.73. The Hall–Kier alpha value is -0.840. The smallest absolute Gasteiger partial charge is 0.149 e. The molecule has 0 amide bonds. The standard InChI is InChI=1S/C8H5Cl2N3S/c9-6-3-12-7(4-11-6)13-5-1-2-14-8(5)10/h1-4H,(H,12,13). The molecule has 0 aliphatic heterocycles. The number of nitrogens with zero attached hydrogens (tertiary/aromatic N) is 2. The topological polar surface area (TPSA) is 37.8 Å². The van der Waals surface area contributed by atoms with E-state index in [9.17, 15) is 0 Å². The van der Waals surface area contributed by atoms with Gasteiger partial charge in [-0.15, -0.1) is 11.3 Å². The third-order valence-electron chi connectivity index (χ3n) is 1.50. The predicted octanol–water partition coefficient (Wildman–Crippen LogP) is 3.59. The van der Waals surface area contributed by atoms with E-state index in [1.807, 2.05) is 11.4 Å². The van der Waals surface area contributed by atoms with E-state index in [-0.39, 0.29) is 0 Å². The lowest BCUT2D eigenvalue weighted by Gasteiger charge is -2.02. The number of aromatic nitrogens is 2. The molecule has 0 aliphatic rings. The van der Waals surface area contributed by atoms with E-state index in [1.165, 1.54) is 17.5 Å². The summed E-state index contributed by atoms with van der Waals surface area (Å²) < 4.78 is 0.696. The highest BCUT2D eigenvalue weighted by Crippen LogP contribution is 2.29. The molecule has 6 heteroatoms. The molecule has 0 spiro atoms. The highest BCUT2D eigenvalue weighted by atomic mass is 35.5. The molecule has 2 aromatic heterocycles. The van der Waals surface area contributed by atoms with Gasteiger partial charge in [0.15, 0.2) is 0 Å². The van der Waals surface area contributed by atoms with Crippen LogP contribution < -0.4 is 5.32 Å². The van der Waals surface area contributed by atoms with Crippen molar-refractivity contribution in [1.82, 2.24) is 9.97 Å². The van der Waals surface area contributed by atoms with E-state index in [0.717, 1.165) is 5.69 Å². The number of anilines is 2. The minimum Gasteiger partial charge on any atom is -0.337 e. The average molecular weight is 246 g/mol. The summed E-state index contributed by atoms with van der Waals surface area (Å²) in [6.07, 6.45) is 3.03. The summed E-state index contributed by atoms with van der Waals surface area (Å²) in [7, 11) is 0. The van der Waals surface area contributed by atoms with Crippen LogP contribution in [-0.2, 0) is 0 Å². The molecule has 0 saturated carbocycles. The molecular weight excluding hydrogens is 241 g/mol. The molecule has 0 radical (unpaired) electrons. The lowest BCUT2D eigenvalue weighted by atomic mass is 10.5. The monoisotopic (exact) mass is 245 g/mol. The summed E-state index contributed by atoms with van der Waals surface area (Å²) in [6, 6.07) is 1.88. The average Bonchev–Trinajstić information content (AvgIpc) is 2.56. The van der Waals surface area contributed by atoms with Gasteiger partial charge in [0.05, 0.1) is 18.1 Å². The summed E-state index contributed by atoms with van der Waals surface area (Å²) in [5.74, 6) is 0.620. The first-order valence-corrected chi connectivity index (χ1v) is 5.37. The van der Waals surface area contributed by atoms with Crippen molar-refractivity contribution in [2.75, 3.05) is 5.32 Å². The van der Waals surface area contributed by atoms with Gasteiger partial charge < -0.3 is 5.32 Å². The van der Waals surface area contributed by atoms with Crippen molar-refractivity contribution in [3.05, 3.63) is 33.3 Å². The Kier molecular flexibility index (Phi) is 2.86. The molecule has 1 N–H and O–H groups in total. The fourth-order valence-electron chi connectivity index (χ4n) is 0.896. The van der Waals surface area contributed by atoms with Crippen LogP contribution in [0.2, 0.25) is 9.49 Å². The zero-order chi connectivity index (χ0) is 9.97. The van der Waals surface area contributed by atoms with Gasteiger partial charge in [0.2, 0.25) is 0 Å². The highest BCUT2D eigenvalue weighted by Gasteiger charge is 2.02. The van der Waals surface area contributed by atoms with Crippen LogP contribution in [0.1, 0.15) is 0 Å². The van der Waals surface area contributed by atoms with Crippen LogP contribution in [0.15, 0.2) is 23.8 Å². The van der Waals surface area contributed by atoms with Gasteiger partial charge >= 0.3 is 0 Å². The van der Waals surface area contributed by atoms with Gasteiger partial charge in [-0.05, 0) is 11.4 Å². The highest BCUT2D eigenvalue weighted by molar-refractivity contribution is 7.15. The minimum absolute atomic E-state index is 0.368. The van der Waals surface area contributed by atoms with Gasteiger partial charge in [-0.2, -0.15) is 0 Å². The van der Waals surface area contributed by atoms with Gasteiger partial charge in [-0.25, -0.2) is 9.97 Å². The molecule has 0 bridgehead atoms. The van der Waals surface area contributed by atoms with E-state index in [2.05, 4.69) is 15.3 Å². The second-order valence-corrected chi connectivity index (χ2v) is 4.36. The molecular formula is C8H5Cl2N3S. The van der Waals surface area contributed by atoms with E-state index < -0.39 is 0 Å². The molecule has 0 fully saturated rings. The zero-order valence-electron chi connectivity index (χ0n) is 6.87. The summed E-state index contributed by atoms with van der Waals surface area (Å²) >= 11 is 13.0. The van der Waals surface area contributed by atoms with Gasteiger partial charge in [0.1, 0.15) is 15.3 Å². The Balaban J connectivity index is 2.19. The van der Waals surface area contributed by atoms with Gasteiger partial charge in [0, 0.05) is 0 Å². The van der Waals surface area contributed by atoms with Gasteiger partial charge in [0.25, 0.3) is 0 Å². The maximum atomic E-state index is 5.90. The van der Waals surface area contributed by atoms with Crippen LogP contribution in [0.5, 0.6) is 0 Å². The van der Waals surface area contributed by atoms with Crippen LogP contribution >= 0.6 is 34.5 Å². The maximum Gasteiger partial charge on any atom is 0.149 e. The van der Waals surface area contributed by atoms with Crippen molar-refractivity contribution in [3.63, 3.8) is 0 Å². The van der Waals surface area contributed by atoms with Crippen LogP contribution in [-0.4, -0.2) is 9.97 Å². The molecule has 3 nitrogen and oxygen atoms in total. The maximum absolute atomic E-state index is 5.90. The molecule has 2 rings (SSSR count). The fraction of sp³-hybridized carbons (Fsp3) is 0. The number of hydrogen-bond donors (Lipinski definition) is 1. The SMILES string of the molecule is Clc1cnc(Nc2ccsc2Cl)cn1. The lowest BCUT2D eigenvalue weighted by molar-refractivity contribution is 1.20. The fourth-order valence-corrected chi connectivity index (χ4v) is 1.83. The normalized spacial score (nSPS) is 10.1. The number of halogens is 2. The summed E-state index contributed by atoms with van der Waals surface area (Å²) in [5.41, 5.74) is 0.827. The van der Waals surface area contributed by atoms with Crippen LogP contribution in [0.4, 0.5) is 11.5 Å². The first-order chi connectivity index (χ1) is 6.75. The Labute approximate surface area is 94.7 Å². The molecule has 0 atom stereocenters. The van der Waals surface area contributed by atoms with Crippen molar-refractivity contribution >= 4 is 46.0 Å². The molecule has 0 aliphatic carbocycles. The largest absolute Gasteiger partial charge is 0.337 e. The van der Waals surface area contributed by atoms with E-state index in [1.54, 1.807) is 6.20 Å². The minimum atomic E-state index is 0.368. The Morgan fingerprint density at radius 3 is 2.64 bits per heavy atom. The van der Waals surface area contributed by atoms with Gasteiger partial charge in [-0.3, -0.25) is 0 Å². The van der Waals surface area contributed by atoms with Crippen molar-refractivity contribution in [3.8, 4) is 0 Å². The number of hydrogen-bond acceptors (Lipinski definition) is 4. The van der Waals surface area contributed by atoms with Crippen LogP contribution in [0.3, 0.4) is 0 Å². The number of thiophene rings is 1. The van der Waals surface area contributed by atoms with Gasteiger partial charge in [-0.1, -0.05) is 23.2 Å². The van der Waals surface area contributed by atoms with E-state index in [4.69, 9.17) is 23.2 Å². The second-order valence-electron chi connectivity index (χ2n) is 2.46. The second kappa shape index (κ2) is 4.13. The van der Waals surface area contributed by atoms with Crippen LogP contribution in [0, 0.1) is 0 Å². The van der Waals surface area contributed by atoms with Crippen molar-refractivity contribution in [2.24, 2.45) is 0 Å². The molecule has 72 valence electrons. The number of nitrogens with one attached hydrogen (secondary N) is 1. The van der Waals surface area contributed by atoms with Crippen molar-refractivity contribution < 1.29 is 0 Å². The summed E-state index contributed by atoms with van der Waals surface area (Å²) in [6.45, 7) is 0. The predicted molar refractivity (Wildman–Crippen MR) is 59.7 cm³/mol. The lowest BCUT2D eigenvalue weighted by Crippen LogP contribution is -1.92. The third-order valence-corrected chi connectivity index (χ3v) is 2.87. The van der Waals surface area contributed by atoms with Crippen molar-refractivity contribution in [2.45, 2.75) is 0 Å². The molecule has 0 aromatic carbocycles.